The summed E-state index contributed by atoms with van der Waals surface area (Å²) in [5.74, 6) is 0.344. The summed E-state index contributed by atoms with van der Waals surface area (Å²) in [6.07, 6.45) is 0. The second kappa shape index (κ2) is 6.17. The first-order valence-electron chi connectivity index (χ1n) is 6.25. The van der Waals surface area contributed by atoms with E-state index in [1.807, 2.05) is 18.4 Å². The molecule has 0 aliphatic heterocycles. The van der Waals surface area contributed by atoms with Crippen LogP contribution in [0.3, 0.4) is 0 Å². The Morgan fingerprint density at radius 2 is 1.95 bits per heavy atom. The second-order valence-electron chi connectivity index (χ2n) is 4.48. The fourth-order valence-corrected chi connectivity index (χ4v) is 2.94. The fourth-order valence-electron chi connectivity index (χ4n) is 2.19. The van der Waals surface area contributed by atoms with E-state index < -0.39 is 0 Å². The van der Waals surface area contributed by atoms with Crippen LogP contribution in [-0.4, -0.2) is 7.11 Å². The smallest absolute Gasteiger partial charge is 0.131 e. The molecular weight excluding hydrogens is 261 g/mol. The molecule has 19 heavy (non-hydrogen) atoms. The Bertz CT molecular complexity index is 527. The summed E-state index contributed by atoms with van der Waals surface area (Å²) in [5, 5.41) is 5.45. The van der Waals surface area contributed by atoms with Crippen LogP contribution in [0.15, 0.2) is 35.7 Å². The Morgan fingerprint density at radius 1 is 1.16 bits per heavy atom. The van der Waals surface area contributed by atoms with Crippen LogP contribution in [0, 0.1) is 5.82 Å². The van der Waals surface area contributed by atoms with Crippen molar-refractivity contribution in [3.8, 4) is 5.75 Å². The van der Waals surface area contributed by atoms with Gasteiger partial charge in [0.05, 0.1) is 7.11 Å². The molecule has 0 amide bonds. The van der Waals surface area contributed by atoms with Crippen molar-refractivity contribution in [3.63, 3.8) is 0 Å². The van der Waals surface area contributed by atoms with Crippen molar-refractivity contribution in [1.29, 1.82) is 0 Å². The predicted molar refractivity (Wildman–Crippen MR) is 77.2 cm³/mol. The highest BCUT2D eigenvalue weighted by Crippen LogP contribution is 2.30. The van der Waals surface area contributed by atoms with Gasteiger partial charge in [-0.1, -0.05) is 12.1 Å². The van der Waals surface area contributed by atoms with Gasteiger partial charge >= 0.3 is 0 Å². The Labute approximate surface area is 117 Å². The van der Waals surface area contributed by atoms with E-state index in [1.165, 1.54) is 10.9 Å². The topological polar surface area (TPSA) is 21.3 Å². The molecule has 2 rings (SSSR count). The van der Waals surface area contributed by atoms with Crippen LogP contribution in [-0.2, 0) is 0 Å². The first kappa shape index (κ1) is 14.0. The Morgan fingerprint density at radius 3 is 2.58 bits per heavy atom. The summed E-state index contributed by atoms with van der Waals surface area (Å²) >= 11 is 1.69. The summed E-state index contributed by atoms with van der Waals surface area (Å²) in [6, 6.07) is 9.07. The molecule has 0 fully saturated rings. The first-order valence-corrected chi connectivity index (χ1v) is 7.13. The van der Waals surface area contributed by atoms with Gasteiger partial charge in [-0.15, -0.1) is 11.3 Å². The SMILES string of the molecule is COc1cccc(F)c1C(C)N[C@@H](C)c1cccs1. The number of rotatable bonds is 5. The normalized spacial score (nSPS) is 14.1. The third-order valence-corrected chi connectivity index (χ3v) is 4.19. The number of benzene rings is 1. The third-order valence-electron chi connectivity index (χ3n) is 3.14. The van der Waals surface area contributed by atoms with E-state index in [9.17, 15) is 4.39 Å². The van der Waals surface area contributed by atoms with Crippen molar-refractivity contribution in [2.24, 2.45) is 0 Å². The lowest BCUT2D eigenvalue weighted by atomic mass is 10.1. The van der Waals surface area contributed by atoms with Gasteiger partial charge < -0.3 is 10.1 Å². The molecule has 1 heterocycles. The lowest BCUT2D eigenvalue weighted by Gasteiger charge is -2.21. The molecule has 2 nitrogen and oxygen atoms in total. The quantitative estimate of drug-likeness (QED) is 0.880. The first-order chi connectivity index (χ1) is 9.13. The molecular formula is C15H18FNOS. The highest BCUT2D eigenvalue weighted by atomic mass is 32.1. The average molecular weight is 279 g/mol. The number of halogens is 1. The minimum Gasteiger partial charge on any atom is -0.496 e. The molecule has 0 saturated heterocycles. The average Bonchev–Trinajstić information content (AvgIpc) is 2.92. The largest absolute Gasteiger partial charge is 0.496 e. The van der Waals surface area contributed by atoms with Crippen LogP contribution >= 0.6 is 11.3 Å². The molecule has 0 saturated carbocycles. The molecule has 1 unspecified atom stereocenters. The number of hydrogen-bond acceptors (Lipinski definition) is 3. The van der Waals surface area contributed by atoms with Gasteiger partial charge in [0.15, 0.2) is 0 Å². The van der Waals surface area contributed by atoms with Crippen molar-refractivity contribution in [2.45, 2.75) is 25.9 Å². The zero-order valence-corrected chi connectivity index (χ0v) is 12.1. The third kappa shape index (κ3) is 3.14. The van der Waals surface area contributed by atoms with Crippen LogP contribution in [0.2, 0.25) is 0 Å². The number of methoxy groups -OCH3 is 1. The van der Waals surface area contributed by atoms with Crippen molar-refractivity contribution >= 4 is 11.3 Å². The van der Waals surface area contributed by atoms with Crippen molar-refractivity contribution < 1.29 is 9.13 Å². The molecule has 2 aromatic rings. The molecule has 1 aromatic carbocycles. The molecule has 0 bridgehead atoms. The van der Waals surface area contributed by atoms with E-state index in [1.54, 1.807) is 30.6 Å². The molecule has 1 N–H and O–H groups in total. The van der Waals surface area contributed by atoms with Gasteiger partial charge in [-0.3, -0.25) is 0 Å². The van der Waals surface area contributed by atoms with Gasteiger partial charge in [-0.25, -0.2) is 4.39 Å². The van der Waals surface area contributed by atoms with Gasteiger partial charge in [0.1, 0.15) is 11.6 Å². The van der Waals surface area contributed by atoms with Gasteiger partial charge in [-0.05, 0) is 37.4 Å². The van der Waals surface area contributed by atoms with Crippen LogP contribution < -0.4 is 10.1 Å². The predicted octanol–water partition coefficient (Wildman–Crippen LogP) is 4.31. The maximum absolute atomic E-state index is 14.0. The molecule has 0 radical (unpaired) electrons. The second-order valence-corrected chi connectivity index (χ2v) is 5.46. The summed E-state index contributed by atoms with van der Waals surface area (Å²) in [6.45, 7) is 4.03. The van der Waals surface area contributed by atoms with E-state index in [-0.39, 0.29) is 17.9 Å². The summed E-state index contributed by atoms with van der Waals surface area (Å²) < 4.78 is 19.2. The molecule has 0 spiro atoms. The van der Waals surface area contributed by atoms with Gasteiger partial charge in [0, 0.05) is 22.5 Å². The van der Waals surface area contributed by atoms with E-state index >= 15 is 0 Å². The number of ether oxygens (including phenoxy) is 1. The highest BCUT2D eigenvalue weighted by Gasteiger charge is 2.18. The van der Waals surface area contributed by atoms with Crippen molar-refractivity contribution in [1.82, 2.24) is 5.32 Å². The van der Waals surface area contributed by atoms with Crippen LogP contribution in [0.1, 0.15) is 36.4 Å². The number of hydrogen-bond donors (Lipinski definition) is 1. The van der Waals surface area contributed by atoms with Gasteiger partial charge in [0.25, 0.3) is 0 Å². The minimum absolute atomic E-state index is 0.117. The number of thiophene rings is 1. The minimum atomic E-state index is -0.238. The maximum atomic E-state index is 14.0. The number of nitrogens with one attached hydrogen (secondary N) is 1. The lowest BCUT2D eigenvalue weighted by molar-refractivity contribution is 0.388. The molecule has 0 aliphatic rings. The van der Waals surface area contributed by atoms with Gasteiger partial charge in [0.2, 0.25) is 0 Å². The van der Waals surface area contributed by atoms with Crippen LogP contribution in [0.5, 0.6) is 5.75 Å². The molecule has 102 valence electrons. The molecule has 1 aromatic heterocycles. The van der Waals surface area contributed by atoms with E-state index in [0.717, 1.165) is 0 Å². The van der Waals surface area contributed by atoms with E-state index in [4.69, 9.17) is 4.74 Å². The summed E-state index contributed by atoms with van der Waals surface area (Å²) in [5.41, 5.74) is 0.577. The monoisotopic (exact) mass is 279 g/mol. The van der Waals surface area contributed by atoms with Crippen molar-refractivity contribution in [2.75, 3.05) is 7.11 Å². The standard InChI is InChI=1S/C15H18FNOS/c1-10(14-8-5-9-19-14)17-11(2)15-12(16)6-4-7-13(15)18-3/h4-11,17H,1-3H3/t10-,11?/m0/s1. The Kier molecular flexibility index (Phi) is 4.56. The highest BCUT2D eigenvalue weighted by molar-refractivity contribution is 7.10. The zero-order valence-electron chi connectivity index (χ0n) is 11.3. The molecule has 2 atom stereocenters. The fraction of sp³-hybridized carbons (Fsp3) is 0.333. The van der Waals surface area contributed by atoms with E-state index in [0.29, 0.717) is 11.3 Å². The maximum Gasteiger partial charge on any atom is 0.131 e. The molecule has 0 aliphatic carbocycles. The zero-order chi connectivity index (χ0) is 13.8. The Balaban J connectivity index is 2.18. The Hall–Kier alpha value is -1.39. The molecule has 4 heteroatoms. The summed E-state index contributed by atoms with van der Waals surface area (Å²) in [4.78, 5) is 1.24. The van der Waals surface area contributed by atoms with Crippen molar-refractivity contribution in [3.05, 3.63) is 52.0 Å². The summed E-state index contributed by atoms with van der Waals surface area (Å²) in [7, 11) is 1.56. The van der Waals surface area contributed by atoms with Crippen LogP contribution in [0.25, 0.3) is 0 Å². The lowest BCUT2D eigenvalue weighted by Crippen LogP contribution is -2.23. The van der Waals surface area contributed by atoms with Crippen LogP contribution in [0.4, 0.5) is 4.39 Å². The van der Waals surface area contributed by atoms with Gasteiger partial charge in [-0.2, -0.15) is 0 Å². The van der Waals surface area contributed by atoms with E-state index in [2.05, 4.69) is 18.3 Å².